The highest BCUT2D eigenvalue weighted by Crippen LogP contribution is 2.25. The molecule has 0 spiro atoms. The molecule has 5 nitrogen and oxygen atoms in total. The summed E-state index contributed by atoms with van der Waals surface area (Å²) in [6.45, 7) is 6.08. The molecule has 2 aromatic heterocycles. The Morgan fingerprint density at radius 3 is 2.79 bits per heavy atom. The summed E-state index contributed by atoms with van der Waals surface area (Å²) < 4.78 is 1.89. The first-order valence-electron chi connectivity index (χ1n) is 8.34. The third-order valence-electron chi connectivity index (χ3n) is 4.38. The first kappa shape index (κ1) is 16.2. The number of nitrogens with zero attached hydrogens (tertiary/aromatic N) is 3. The lowest BCUT2D eigenvalue weighted by molar-refractivity contribution is -0.120. The van der Waals surface area contributed by atoms with Gasteiger partial charge < -0.3 is 5.32 Å². The molecule has 0 radical (unpaired) electrons. The summed E-state index contributed by atoms with van der Waals surface area (Å²) in [6, 6.07) is 7.88. The molecule has 3 rings (SSSR count). The molecular formula is C19H22N4O. The summed E-state index contributed by atoms with van der Waals surface area (Å²) in [5, 5.41) is 3.07. The van der Waals surface area contributed by atoms with E-state index in [9.17, 15) is 4.79 Å². The monoisotopic (exact) mass is 322 g/mol. The molecule has 0 aliphatic rings. The van der Waals surface area contributed by atoms with E-state index in [4.69, 9.17) is 0 Å². The van der Waals surface area contributed by atoms with E-state index >= 15 is 0 Å². The van der Waals surface area contributed by atoms with E-state index in [0.29, 0.717) is 5.78 Å². The molecule has 1 aromatic carbocycles. The topological polar surface area (TPSA) is 59.3 Å². The summed E-state index contributed by atoms with van der Waals surface area (Å²) in [6.07, 6.45) is 7.28. The van der Waals surface area contributed by atoms with Crippen LogP contribution >= 0.6 is 0 Å². The first-order chi connectivity index (χ1) is 11.6. The van der Waals surface area contributed by atoms with E-state index in [2.05, 4.69) is 15.3 Å². The minimum atomic E-state index is 0.0486. The van der Waals surface area contributed by atoms with Crippen LogP contribution in [0.4, 0.5) is 5.69 Å². The molecule has 1 amide bonds. The van der Waals surface area contributed by atoms with Gasteiger partial charge in [-0.3, -0.25) is 9.20 Å². The van der Waals surface area contributed by atoms with Gasteiger partial charge >= 0.3 is 0 Å². The van der Waals surface area contributed by atoms with E-state index in [1.165, 1.54) is 0 Å². The van der Waals surface area contributed by atoms with Crippen LogP contribution < -0.4 is 5.32 Å². The van der Waals surface area contributed by atoms with Gasteiger partial charge in [-0.15, -0.1) is 0 Å². The van der Waals surface area contributed by atoms with Gasteiger partial charge in [-0.1, -0.05) is 26.0 Å². The minimum Gasteiger partial charge on any atom is -0.326 e. The number of imidazole rings is 1. The maximum Gasteiger partial charge on any atom is 0.234 e. The molecule has 124 valence electrons. The number of aryl methyl sites for hydroxylation is 1. The number of hydrogen-bond acceptors (Lipinski definition) is 3. The number of rotatable bonds is 5. The first-order valence-corrected chi connectivity index (χ1v) is 8.34. The quantitative estimate of drug-likeness (QED) is 0.770. The average Bonchev–Trinajstić information content (AvgIpc) is 3.02. The minimum absolute atomic E-state index is 0.0486. The van der Waals surface area contributed by atoms with Crippen LogP contribution in [0.2, 0.25) is 0 Å². The summed E-state index contributed by atoms with van der Waals surface area (Å²) in [5.74, 6) is 0.792. The van der Waals surface area contributed by atoms with Crippen LogP contribution in [0.15, 0.2) is 42.9 Å². The van der Waals surface area contributed by atoms with Crippen molar-refractivity contribution >= 4 is 17.4 Å². The highest BCUT2D eigenvalue weighted by atomic mass is 16.1. The Morgan fingerprint density at radius 2 is 2.08 bits per heavy atom. The maximum atomic E-state index is 12.4. The van der Waals surface area contributed by atoms with Crippen LogP contribution in [0, 0.1) is 12.8 Å². The van der Waals surface area contributed by atoms with Gasteiger partial charge in [0, 0.05) is 35.8 Å². The van der Waals surface area contributed by atoms with E-state index in [0.717, 1.165) is 35.3 Å². The van der Waals surface area contributed by atoms with Gasteiger partial charge in [0.05, 0.1) is 5.69 Å². The van der Waals surface area contributed by atoms with Crippen LogP contribution in [0.1, 0.15) is 32.3 Å². The molecule has 0 saturated heterocycles. The predicted molar refractivity (Wildman–Crippen MR) is 95.9 cm³/mol. The molecule has 0 saturated carbocycles. The van der Waals surface area contributed by atoms with Gasteiger partial charge in [-0.05, 0) is 37.5 Å². The van der Waals surface area contributed by atoms with E-state index < -0.39 is 0 Å². The van der Waals surface area contributed by atoms with Crippen molar-refractivity contribution in [3.8, 4) is 11.3 Å². The Bertz CT molecular complexity index is 832. The van der Waals surface area contributed by atoms with Gasteiger partial charge in [0.1, 0.15) is 0 Å². The fourth-order valence-electron chi connectivity index (χ4n) is 2.78. The molecule has 0 unspecified atom stereocenters. The summed E-state index contributed by atoms with van der Waals surface area (Å²) >= 11 is 0. The highest BCUT2D eigenvalue weighted by Gasteiger charge is 2.15. The number of anilines is 1. The molecule has 3 aromatic rings. The summed E-state index contributed by atoms with van der Waals surface area (Å²) in [5.41, 5.74) is 3.69. The number of nitrogens with one attached hydrogen (secondary N) is 1. The van der Waals surface area contributed by atoms with Crippen molar-refractivity contribution < 1.29 is 4.79 Å². The molecule has 24 heavy (non-hydrogen) atoms. The average molecular weight is 322 g/mol. The number of carbonyl (C=O) groups is 1. The van der Waals surface area contributed by atoms with Crippen molar-refractivity contribution in [2.75, 3.05) is 5.32 Å². The fraction of sp³-hybridized carbons (Fsp3) is 0.316. The second-order valence-electron chi connectivity index (χ2n) is 5.99. The van der Waals surface area contributed by atoms with Crippen molar-refractivity contribution in [3.05, 3.63) is 48.4 Å². The van der Waals surface area contributed by atoms with Crippen molar-refractivity contribution in [1.29, 1.82) is 0 Å². The Balaban J connectivity index is 1.92. The maximum absolute atomic E-state index is 12.4. The largest absolute Gasteiger partial charge is 0.326 e. The number of fused-ring (bicyclic) bond motifs is 1. The molecule has 1 N–H and O–H groups in total. The number of benzene rings is 1. The number of amides is 1. The highest BCUT2D eigenvalue weighted by molar-refractivity contribution is 5.93. The molecule has 5 heteroatoms. The van der Waals surface area contributed by atoms with Crippen LogP contribution in [-0.2, 0) is 4.79 Å². The summed E-state index contributed by atoms with van der Waals surface area (Å²) in [4.78, 5) is 21.2. The lowest BCUT2D eigenvalue weighted by Crippen LogP contribution is -2.22. The Morgan fingerprint density at radius 1 is 1.29 bits per heavy atom. The molecule has 2 heterocycles. The molecule has 0 aliphatic carbocycles. The van der Waals surface area contributed by atoms with Gasteiger partial charge in [0.15, 0.2) is 0 Å². The van der Waals surface area contributed by atoms with E-state index in [1.807, 2.05) is 61.8 Å². The third-order valence-corrected chi connectivity index (χ3v) is 4.38. The Kier molecular flexibility index (Phi) is 4.60. The van der Waals surface area contributed by atoms with Crippen LogP contribution in [0.5, 0.6) is 0 Å². The van der Waals surface area contributed by atoms with Gasteiger partial charge in [0.2, 0.25) is 11.7 Å². The molecule has 0 aliphatic heterocycles. The van der Waals surface area contributed by atoms with Gasteiger partial charge in [-0.2, -0.15) is 0 Å². The van der Waals surface area contributed by atoms with E-state index in [1.54, 1.807) is 6.20 Å². The zero-order valence-corrected chi connectivity index (χ0v) is 14.3. The third kappa shape index (κ3) is 3.15. The smallest absolute Gasteiger partial charge is 0.234 e. The second kappa shape index (κ2) is 6.83. The Hall–Kier alpha value is -2.69. The van der Waals surface area contributed by atoms with Crippen molar-refractivity contribution in [1.82, 2.24) is 14.4 Å². The lowest BCUT2D eigenvalue weighted by atomic mass is 10.0. The SMILES string of the molecule is CCC(CC)C(=O)Nc1cc(-c2cn3cccnc3n2)ccc1C. The number of hydrogen-bond donors (Lipinski definition) is 1. The fourth-order valence-corrected chi connectivity index (χ4v) is 2.78. The van der Waals surface area contributed by atoms with Crippen molar-refractivity contribution in [3.63, 3.8) is 0 Å². The zero-order valence-electron chi connectivity index (χ0n) is 14.3. The van der Waals surface area contributed by atoms with E-state index in [-0.39, 0.29) is 11.8 Å². The van der Waals surface area contributed by atoms with Gasteiger partial charge in [-0.25, -0.2) is 9.97 Å². The van der Waals surface area contributed by atoms with Gasteiger partial charge in [0.25, 0.3) is 0 Å². The lowest BCUT2D eigenvalue weighted by Gasteiger charge is -2.15. The van der Waals surface area contributed by atoms with Crippen LogP contribution in [0.3, 0.4) is 0 Å². The van der Waals surface area contributed by atoms with Crippen molar-refractivity contribution in [2.45, 2.75) is 33.6 Å². The summed E-state index contributed by atoms with van der Waals surface area (Å²) in [7, 11) is 0. The van der Waals surface area contributed by atoms with Crippen LogP contribution in [-0.4, -0.2) is 20.3 Å². The van der Waals surface area contributed by atoms with Crippen molar-refractivity contribution in [2.24, 2.45) is 5.92 Å². The number of aromatic nitrogens is 3. The second-order valence-corrected chi connectivity index (χ2v) is 5.99. The molecule has 0 bridgehead atoms. The molecule has 0 atom stereocenters. The van der Waals surface area contributed by atoms with Crippen LogP contribution in [0.25, 0.3) is 17.0 Å². The molecular weight excluding hydrogens is 300 g/mol. The normalized spacial score (nSPS) is 11.2. The number of carbonyl (C=O) groups excluding carboxylic acids is 1. The standard InChI is InChI=1S/C19H22N4O/c1-4-14(5-2)18(24)21-16-11-15(8-7-13(16)3)17-12-23-10-6-9-20-19(23)22-17/h6-12,14H,4-5H2,1-3H3,(H,21,24). The zero-order chi connectivity index (χ0) is 17.1. The predicted octanol–water partition coefficient (Wildman–Crippen LogP) is 4.08. The molecule has 0 fully saturated rings. The Labute approximate surface area is 141 Å².